The third-order valence-electron chi connectivity index (χ3n) is 8.95. The SMILES string of the molecule is CCCCS(=O)c1sc2nc(-c3nccs3)nc(-c3nc(-c4cccc(-c5nc(-c6cccnc6)nc6sc(S(=O)CCCOC)c(N)c56)c4)cn3C)c2c1N. The summed E-state index contributed by atoms with van der Waals surface area (Å²) in [5.41, 5.74) is 18.6. The molecular formula is C38H36N10O3S5. The molecule has 18 heteroatoms. The lowest BCUT2D eigenvalue weighted by Crippen LogP contribution is -2.02. The average molecular weight is 841 g/mol. The molecule has 2 atom stereocenters. The van der Waals surface area contributed by atoms with Crippen LogP contribution in [0.5, 0.6) is 0 Å². The summed E-state index contributed by atoms with van der Waals surface area (Å²) in [6, 6.07) is 11.6. The number of pyridine rings is 1. The number of nitrogens with zero attached hydrogens (tertiary/aromatic N) is 8. The highest BCUT2D eigenvalue weighted by molar-refractivity contribution is 7.88. The molecular weight excluding hydrogens is 805 g/mol. The number of rotatable bonds is 14. The molecule has 0 spiro atoms. The second-order valence-electron chi connectivity index (χ2n) is 12.8. The van der Waals surface area contributed by atoms with Gasteiger partial charge in [0.1, 0.15) is 23.8 Å². The van der Waals surface area contributed by atoms with Crippen molar-refractivity contribution >= 4 is 87.4 Å². The summed E-state index contributed by atoms with van der Waals surface area (Å²) in [4.78, 5) is 34.9. The summed E-state index contributed by atoms with van der Waals surface area (Å²) < 4.78 is 35.1. The lowest BCUT2D eigenvalue weighted by molar-refractivity contribution is 0.200. The Morgan fingerprint density at radius 1 is 0.804 bits per heavy atom. The monoisotopic (exact) mass is 840 g/mol. The third kappa shape index (κ3) is 7.28. The van der Waals surface area contributed by atoms with Gasteiger partial charge in [-0.15, -0.1) is 34.0 Å². The molecule has 286 valence electrons. The van der Waals surface area contributed by atoms with Crippen LogP contribution in [0.25, 0.3) is 76.7 Å². The van der Waals surface area contributed by atoms with Gasteiger partial charge in [0.2, 0.25) is 0 Å². The van der Waals surface area contributed by atoms with Gasteiger partial charge < -0.3 is 20.8 Å². The van der Waals surface area contributed by atoms with Gasteiger partial charge in [-0.1, -0.05) is 31.5 Å². The van der Waals surface area contributed by atoms with Gasteiger partial charge in [-0.25, -0.2) is 29.9 Å². The second-order valence-corrected chi connectivity index (χ2v) is 19.2. The van der Waals surface area contributed by atoms with Crippen molar-refractivity contribution in [2.45, 2.75) is 34.6 Å². The van der Waals surface area contributed by atoms with Crippen LogP contribution in [0.2, 0.25) is 0 Å². The standard InChI is InChI=1S/C38H36N10O3S5/c1-4-5-16-55(49)38-28(40)26-30(45-32(47-35(26)54-38)36-42-13-15-52-36)33-43-24(20-48(33)2)21-9-6-10-22(18-21)29-25-27(39)37(56(50)17-8-14-51-3)53-34(25)46-31(44-29)23-11-7-12-41-19-23/h6-7,9-13,15,18-20H,4-5,8,14,16-17,39-40H2,1-3H3. The van der Waals surface area contributed by atoms with Crippen LogP contribution in [0.3, 0.4) is 0 Å². The number of fused-ring (bicyclic) bond motifs is 2. The Morgan fingerprint density at radius 3 is 2.16 bits per heavy atom. The normalized spacial score (nSPS) is 12.8. The van der Waals surface area contributed by atoms with Crippen molar-refractivity contribution in [1.82, 2.24) is 39.5 Å². The van der Waals surface area contributed by atoms with Gasteiger partial charge in [-0.3, -0.25) is 13.4 Å². The smallest absolute Gasteiger partial charge is 0.190 e. The van der Waals surface area contributed by atoms with Gasteiger partial charge in [0.05, 0.1) is 55.1 Å². The van der Waals surface area contributed by atoms with E-state index >= 15 is 0 Å². The van der Waals surface area contributed by atoms with Gasteiger partial charge in [0.15, 0.2) is 22.5 Å². The number of aromatic nitrogens is 8. The van der Waals surface area contributed by atoms with Crippen molar-refractivity contribution in [2.75, 3.05) is 36.7 Å². The zero-order valence-electron chi connectivity index (χ0n) is 30.6. The Morgan fingerprint density at radius 2 is 1.48 bits per heavy atom. The molecule has 0 aliphatic heterocycles. The van der Waals surface area contributed by atoms with Gasteiger partial charge in [-0.2, -0.15) is 0 Å². The number of thiophene rings is 2. The summed E-state index contributed by atoms with van der Waals surface area (Å²) in [6.07, 6.45) is 9.45. The fraction of sp³-hybridized carbons (Fsp3) is 0.237. The zero-order chi connectivity index (χ0) is 38.9. The highest BCUT2D eigenvalue weighted by Crippen LogP contribution is 2.44. The highest BCUT2D eigenvalue weighted by Gasteiger charge is 2.26. The molecule has 0 radical (unpaired) electrons. The number of nitrogens with two attached hydrogens (primary N) is 2. The number of methoxy groups -OCH3 is 1. The Labute approximate surface area is 339 Å². The zero-order valence-corrected chi connectivity index (χ0v) is 34.7. The minimum Gasteiger partial charge on any atom is -0.396 e. The van der Waals surface area contributed by atoms with Crippen LogP contribution < -0.4 is 11.5 Å². The molecule has 4 N–H and O–H groups in total. The van der Waals surface area contributed by atoms with Crippen molar-refractivity contribution in [3.63, 3.8) is 0 Å². The van der Waals surface area contributed by atoms with Crippen LogP contribution in [-0.4, -0.2) is 73.1 Å². The van der Waals surface area contributed by atoms with Gasteiger partial charge in [-0.05, 0) is 31.0 Å². The second kappa shape index (κ2) is 16.3. The molecule has 0 aliphatic rings. The molecule has 0 saturated heterocycles. The number of anilines is 2. The van der Waals surface area contributed by atoms with Crippen LogP contribution in [0.4, 0.5) is 11.4 Å². The lowest BCUT2D eigenvalue weighted by atomic mass is 10.0. The van der Waals surface area contributed by atoms with E-state index in [4.69, 9.17) is 41.1 Å². The first-order valence-corrected chi connectivity index (χ1v) is 22.8. The molecule has 0 amide bonds. The van der Waals surface area contributed by atoms with Gasteiger partial charge >= 0.3 is 0 Å². The maximum absolute atomic E-state index is 13.5. The van der Waals surface area contributed by atoms with E-state index in [0.717, 1.165) is 29.5 Å². The summed E-state index contributed by atoms with van der Waals surface area (Å²) in [6.45, 7) is 2.58. The Balaban J connectivity index is 1.25. The summed E-state index contributed by atoms with van der Waals surface area (Å²) in [7, 11) is 0.917. The van der Waals surface area contributed by atoms with Gasteiger partial charge in [0.25, 0.3) is 0 Å². The molecule has 1 aromatic carbocycles. The predicted octanol–water partition coefficient (Wildman–Crippen LogP) is 7.83. The molecule has 0 fully saturated rings. The molecule has 8 rings (SSSR count). The van der Waals surface area contributed by atoms with Crippen LogP contribution in [0.15, 0.2) is 75.0 Å². The van der Waals surface area contributed by atoms with Crippen molar-refractivity contribution < 1.29 is 13.2 Å². The van der Waals surface area contributed by atoms with Crippen molar-refractivity contribution in [2.24, 2.45) is 7.05 Å². The minimum absolute atomic E-state index is 0.408. The molecule has 0 bridgehead atoms. The van der Waals surface area contributed by atoms with Gasteiger partial charge in [0, 0.05) is 79.1 Å². The number of imidazole rings is 1. The van der Waals surface area contributed by atoms with Crippen LogP contribution >= 0.6 is 34.0 Å². The third-order valence-corrected chi connectivity index (χ3v) is 15.7. The lowest BCUT2D eigenvalue weighted by Gasteiger charge is -2.09. The number of nitrogen functional groups attached to an aromatic ring is 2. The van der Waals surface area contributed by atoms with Crippen LogP contribution in [0, 0.1) is 0 Å². The fourth-order valence-electron chi connectivity index (χ4n) is 6.21. The predicted molar refractivity (Wildman–Crippen MR) is 229 cm³/mol. The first kappa shape index (κ1) is 38.0. The van der Waals surface area contributed by atoms with E-state index in [1.54, 1.807) is 25.7 Å². The molecule has 8 aromatic rings. The number of hydrogen-bond acceptors (Lipinski definition) is 15. The number of aryl methyl sites for hydroxylation is 1. The Hall–Kier alpha value is -4.85. The molecule has 7 aromatic heterocycles. The van der Waals surface area contributed by atoms with Crippen molar-refractivity contribution in [3.8, 4) is 56.3 Å². The largest absolute Gasteiger partial charge is 0.396 e. The molecule has 0 saturated carbocycles. The first-order chi connectivity index (χ1) is 27.2. The van der Waals surface area contributed by atoms with Crippen LogP contribution in [0.1, 0.15) is 26.2 Å². The van der Waals surface area contributed by atoms with E-state index < -0.39 is 21.6 Å². The Bertz CT molecular complexity index is 2750. The van der Waals surface area contributed by atoms with E-state index in [0.29, 0.717) is 104 Å². The van der Waals surface area contributed by atoms with E-state index in [9.17, 15) is 8.42 Å². The number of benzene rings is 1. The summed E-state index contributed by atoms with van der Waals surface area (Å²) in [5.74, 6) is 2.43. The van der Waals surface area contributed by atoms with E-state index in [1.165, 1.54) is 34.0 Å². The number of unbranched alkanes of at least 4 members (excludes halogenated alkanes) is 1. The summed E-state index contributed by atoms with van der Waals surface area (Å²) in [5, 5.41) is 3.81. The maximum atomic E-state index is 13.5. The number of thiazole rings is 1. The molecule has 56 heavy (non-hydrogen) atoms. The topological polar surface area (TPSA) is 191 Å². The number of hydrogen-bond donors (Lipinski definition) is 2. The molecule has 2 unspecified atom stereocenters. The van der Waals surface area contributed by atoms with E-state index in [2.05, 4.69) is 16.9 Å². The maximum Gasteiger partial charge on any atom is 0.190 e. The minimum atomic E-state index is -1.34. The fourth-order valence-corrected chi connectivity index (χ4v) is 12.2. The quantitative estimate of drug-likeness (QED) is 0.101. The first-order valence-electron chi connectivity index (χ1n) is 17.7. The van der Waals surface area contributed by atoms with E-state index in [1.807, 2.05) is 59.6 Å². The van der Waals surface area contributed by atoms with E-state index in [-0.39, 0.29) is 0 Å². The average Bonchev–Trinajstić information content (AvgIpc) is 4.03. The van der Waals surface area contributed by atoms with Crippen molar-refractivity contribution in [3.05, 3.63) is 66.6 Å². The molecule has 0 aliphatic carbocycles. The van der Waals surface area contributed by atoms with Crippen LogP contribution in [-0.2, 0) is 33.4 Å². The van der Waals surface area contributed by atoms with Crippen molar-refractivity contribution in [1.29, 1.82) is 0 Å². The molecule has 13 nitrogen and oxygen atoms in total. The Kier molecular flexibility index (Phi) is 11.1. The summed E-state index contributed by atoms with van der Waals surface area (Å²) >= 11 is 4.09. The number of ether oxygens (including phenoxy) is 1. The molecule has 7 heterocycles. The highest BCUT2D eigenvalue weighted by atomic mass is 32.2.